The predicted octanol–water partition coefficient (Wildman–Crippen LogP) is 3.66. The number of carbonyl (C=O) groups excluding carboxylic acids is 1. The first-order valence-corrected chi connectivity index (χ1v) is 8.02. The Bertz CT molecular complexity index is 669. The lowest BCUT2D eigenvalue weighted by Gasteiger charge is -2.22. The summed E-state index contributed by atoms with van der Waals surface area (Å²) in [6.45, 7) is 0.620. The van der Waals surface area contributed by atoms with Gasteiger partial charge in [0.05, 0.1) is 12.7 Å². The molecule has 5 heteroatoms. The number of pyridine rings is 1. The minimum Gasteiger partial charge on any atom is -0.481 e. The quantitative estimate of drug-likeness (QED) is 0.816. The summed E-state index contributed by atoms with van der Waals surface area (Å²) in [7, 11) is 1.56. The number of ether oxygens (including phenoxy) is 1. The third-order valence-electron chi connectivity index (χ3n) is 3.68. The standard InChI is InChI=1S/C17H17BrN2O2/c1-22-16-8-5-13(10-19-16)17(21)20(15-6-7-15)11-12-3-2-4-14(18)9-12/h2-5,8-10,15H,6-7,11H2,1H3. The second kappa shape index (κ2) is 6.48. The van der Waals surface area contributed by atoms with Crippen molar-refractivity contribution >= 4 is 21.8 Å². The summed E-state index contributed by atoms with van der Waals surface area (Å²) in [6, 6.07) is 11.9. The van der Waals surface area contributed by atoms with Gasteiger partial charge in [-0.3, -0.25) is 4.79 Å². The molecule has 1 heterocycles. The van der Waals surface area contributed by atoms with E-state index in [9.17, 15) is 4.79 Å². The fraction of sp³-hybridized carbons (Fsp3) is 0.294. The van der Waals surface area contributed by atoms with Gasteiger partial charge in [-0.1, -0.05) is 28.1 Å². The molecule has 1 saturated carbocycles. The van der Waals surface area contributed by atoms with Crippen LogP contribution in [0.4, 0.5) is 0 Å². The monoisotopic (exact) mass is 360 g/mol. The number of aromatic nitrogens is 1. The van der Waals surface area contributed by atoms with Crippen molar-refractivity contribution in [2.75, 3.05) is 7.11 Å². The third-order valence-corrected chi connectivity index (χ3v) is 4.18. The van der Waals surface area contributed by atoms with Crippen LogP contribution in [-0.2, 0) is 6.54 Å². The van der Waals surface area contributed by atoms with Gasteiger partial charge in [0.1, 0.15) is 0 Å². The Morgan fingerprint density at radius 1 is 1.36 bits per heavy atom. The molecule has 0 atom stereocenters. The van der Waals surface area contributed by atoms with Crippen LogP contribution in [-0.4, -0.2) is 28.9 Å². The van der Waals surface area contributed by atoms with E-state index in [0.29, 0.717) is 24.0 Å². The first-order chi connectivity index (χ1) is 10.7. The maximum Gasteiger partial charge on any atom is 0.255 e. The minimum atomic E-state index is 0.0256. The molecule has 22 heavy (non-hydrogen) atoms. The molecule has 4 nitrogen and oxygen atoms in total. The van der Waals surface area contributed by atoms with Crippen LogP contribution in [0.25, 0.3) is 0 Å². The van der Waals surface area contributed by atoms with E-state index in [1.165, 1.54) is 0 Å². The molecule has 0 saturated heterocycles. The summed E-state index contributed by atoms with van der Waals surface area (Å²) in [4.78, 5) is 18.8. The first kappa shape index (κ1) is 15.0. The van der Waals surface area contributed by atoms with Gasteiger partial charge in [0.2, 0.25) is 5.88 Å². The lowest BCUT2D eigenvalue weighted by Crippen LogP contribution is -2.32. The Labute approximate surface area is 138 Å². The van der Waals surface area contributed by atoms with Crippen LogP contribution in [0.5, 0.6) is 5.88 Å². The van der Waals surface area contributed by atoms with Gasteiger partial charge in [0.25, 0.3) is 5.91 Å². The van der Waals surface area contributed by atoms with E-state index in [2.05, 4.69) is 27.0 Å². The highest BCUT2D eigenvalue weighted by molar-refractivity contribution is 9.10. The SMILES string of the molecule is COc1ccc(C(=O)N(Cc2cccc(Br)c2)C2CC2)cn1. The van der Waals surface area contributed by atoms with Crippen LogP contribution < -0.4 is 4.74 Å². The maximum atomic E-state index is 12.7. The summed E-state index contributed by atoms with van der Waals surface area (Å²) in [5.41, 5.74) is 1.72. The number of hydrogen-bond donors (Lipinski definition) is 0. The van der Waals surface area contributed by atoms with Gasteiger partial charge < -0.3 is 9.64 Å². The van der Waals surface area contributed by atoms with Crippen LogP contribution in [0.1, 0.15) is 28.8 Å². The number of rotatable bonds is 5. The Morgan fingerprint density at radius 3 is 2.77 bits per heavy atom. The van der Waals surface area contributed by atoms with Crippen LogP contribution >= 0.6 is 15.9 Å². The molecule has 0 aliphatic heterocycles. The summed E-state index contributed by atoms with van der Waals surface area (Å²) in [5, 5.41) is 0. The van der Waals surface area contributed by atoms with E-state index in [0.717, 1.165) is 22.9 Å². The normalized spacial score (nSPS) is 13.7. The number of nitrogens with zero attached hydrogens (tertiary/aromatic N) is 2. The average molecular weight is 361 g/mol. The van der Waals surface area contributed by atoms with Gasteiger partial charge in [-0.2, -0.15) is 0 Å². The smallest absolute Gasteiger partial charge is 0.255 e. The Kier molecular flexibility index (Phi) is 4.43. The molecule has 0 spiro atoms. The van der Waals surface area contributed by atoms with E-state index in [4.69, 9.17) is 4.74 Å². The number of amides is 1. The average Bonchev–Trinajstić information content (AvgIpc) is 3.37. The van der Waals surface area contributed by atoms with Crippen molar-refractivity contribution in [2.24, 2.45) is 0 Å². The Hall–Kier alpha value is -1.88. The molecule has 1 aliphatic rings. The van der Waals surface area contributed by atoms with Crippen molar-refractivity contribution in [2.45, 2.75) is 25.4 Å². The lowest BCUT2D eigenvalue weighted by molar-refractivity contribution is 0.0729. The largest absolute Gasteiger partial charge is 0.481 e. The molecule has 114 valence electrons. The topological polar surface area (TPSA) is 42.4 Å². The third kappa shape index (κ3) is 3.47. The molecule has 0 N–H and O–H groups in total. The molecule has 1 amide bonds. The van der Waals surface area contributed by atoms with E-state index in [1.807, 2.05) is 23.1 Å². The molecule has 1 aliphatic carbocycles. The van der Waals surface area contributed by atoms with E-state index in [1.54, 1.807) is 25.4 Å². The molecular weight excluding hydrogens is 344 g/mol. The number of carbonyl (C=O) groups is 1. The van der Waals surface area contributed by atoms with E-state index in [-0.39, 0.29) is 5.91 Å². The second-order valence-electron chi connectivity index (χ2n) is 5.38. The zero-order chi connectivity index (χ0) is 15.5. The summed E-state index contributed by atoms with van der Waals surface area (Å²) in [5.74, 6) is 0.541. The second-order valence-corrected chi connectivity index (χ2v) is 6.30. The van der Waals surface area contributed by atoms with Crippen LogP contribution in [0.3, 0.4) is 0 Å². The van der Waals surface area contributed by atoms with E-state index >= 15 is 0 Å². The molecular formula is C17H17BrN2O2. The summed E-state index contributed by atoms with van der Waals surface area (Å²) in [6.07, 6.45) is 3.73. The van der Waals surface area contributed by atoms with Gasteiger partial charge in [0.15, 0.2) is 0 Å². The van der Waals surface area contributed by atoms with Crippen molar-refractivity contribution in [3.8, 4) is 5.88 Å². The highest BCUT2D eigenvalue weighted by Crippen LogP contribution is 2.30. The van der Waals surface area contributed by atoms with Crippen molar-refractivity contribution in [3.63, 3.8) is 0 Å². The van der Waals surface area contributed by atoms with Gasteiger partial charge in [0, 0.05) is 29.3 Å². The van der Waals surface area contributed by atoms with Gasteiger partial charge >= 0.3 is 0 Å². The molecule has 0 unspecified atom stereocenters. The molecule has 0 radical (unpaired) electrons. The molecule has 1 aromatic carbocycles. The Morgan fingerprint density at radius 2 is 2.18 bits per heavy atom. The zero-order valence-corrected chi connectivity index (χ0v) is 13.9. The van der Waals surface area contributed by atoms with Gasteiger partial charge in [-0.05, 0) is 36.6 Å². The van der Waals surface area contributed by atoms with Gasteiger partial charge in [-0.15, -0.1) is 0 Å². The molecule has 0 bridgehead atoms. The Balaban J connectivity index is 1.79. The minimum absolute atomic E-state index is 0.0256. The van der Waals surface area contributed by atoms with Crippen LogP contribution in [0.15, 0.2) is 47.1 Å². The first-order valence-electron chi connectivity index (χ1n) is 7.23. The van der Waals surface area contributed by atoms with Crippen LogP contribution in [0, 0.1) is 0 Å². The molecule has 3 rings (SSSR count). The van der Waals surface area contributed by atoms with Crippen LogP contribution in [0.2, 0.25) is 0 Å². The van der Waals surface area contributed by atoms with Crippen molar-refractivity contribution < 1.29 is 9.53 Å². The fourth-order valence-corrected chi connectivity index (χ4v) is 2.82. The lowest BCUT2D eigenvalue weighted by atomic mass is 10.2. The molecule has 2 aromatic rings. The molecule has 1 fully saturated rings. The summed E-state index contributed by atoms with van der Waals surface area (Å²) >= 11 is 3.48. The maximum absolute atomic E-state index is 12.7. The zero-order valence-electron chi connectivity index (χ0n) is 12.3. The van der Waals surface area contributed by atoms with Crippen molar-refractivity contribution in [1.29, 1.82) is 0 Å². The highest BCUT2D eigenvalue weighted by atomic mass is 79.9. The van der Waals surface area contributed by atoms with Crippen molar-refractivity contribution in [1.82, 2.24) is 9.88 Å². The number of hydrogen-bond acceptors (Lipinski definition) is 3. The van der Waals surface area contributed by atoms with Gasteiger partial charge in [-0.25, -0.2) is 4.98 Å². The van der Waals surface area contributed by atoms with Crippen molar-refractivity contribution in [3.05, 3.63) is 58.2 Å². The highest BCUT2D eigenvalue weighted by Gasteiger charge is 2.33. The number of halogens is 1. The fourth-order valence-electron chi connectivity index (χ4n) is 2.38. The predicted molar refractivity (Wildman–Crippen MR) is 87.8 cm³/mol. The summed E-state index contributed by atoms with van der Waals surface area (Å²) < 4.78 is 6.06. The molecule has 1 aromatic heterocycles. The van der Waals surface area contributed by atoms with E-state index < -0.39 is 0 Å². The number of benzene rings is 1. The number of methoxy groups -OCH3 is 1.